The molecule has 0 spiro atoms. The van der Waals surface area contributed by atoms with Gasteiger partial charge in [-0.1, -0.05) is 202 Å². The van der Waals surface area contributed by atoms with Gasteiger partial charge < -0.3 is 39.0 Å². The molecular formula is C59H96O12. The molecule has 0 bridgehead atoms. The summed E-state index contributed by atoms with van der Waals surface area (Å²) in [5.41, 5.74) is 0. The lowest BCUT2D eigenvalue weighted by atomic mass is 9.98. The minimum atomic E-state index is -1.91. The van der Waals surface area contributed by atoms with E-state index in [2.05, 4.69) is 93.7 Å². The topological polar surface area (TPSA) is 175 Å². The Morgan fingerprint density at radius 1 is 0.479 bits per heavy atom. The van der Waals surface area contributed by atoms with Crippen LogP contribution in [0.3, 0.4) is 0 Å². The van der Waals surface area contributed by atoms with Gasteiger partial charge in [-0.2, -0.15) is 0 Å². The lowest BCUT2D eigenvalue weighted by molar-refractivity contribution is -0.301. The zero-order valence-electron chi connectivity index (χ0n) is 44.2. The van der Waals surface area contributed by atoms with Crippen molar-refractivity contribution >= 4 is 23.9 Å². The number of carbonyl (C=O) groups is 4. The monoisotopic (exact) mass is 997 g/mol. The molecule has 0 aromatic carbocycles. The van der Waals surface area contributed by atoms with Crippen LogP contribution in [-0.4, -0.2) is 89.2 Å². The standard InChI is InChI=1S/C59H96O12/c1-4-7-10-13-16-19-22-23-24-25-26-27-28-29-32-33-36-39-42-45-51(60)67-48-50(69-52(61)46-43-40-37-34-30-20-17-14-11-8-5-2)49-68-59-57(55(64)54(63)56(71-59)58(65)66)70-53(62)47-44-41-38-35-31-21-18-15-12-9-6-3/h7,10,15-16,18-19,23-24,26-27,29,32,36,39,50,54-57,59,63-64H,4-6,8-9,11-14,17,20-22,25,28,30-31,33-35,37-38,40-49H2,1-3H3,(H,65,66)/b10-7-,18-15-,19-16-,24-23-,27-26-,32-29-,39-36-. The highest BCUT2D eigenvalue weighted by Crippen LogP contribution is 2.26. The molecule has 6 atom stereocenters. The summed E-state index contributed by atoms with van der Waals surface area (Å²) in [4.78, 5) is 50.8. The second-order valence-electron chi connectivity index (χ2n) is 18.5. The van der Waals surface area contributed by atoms with Gasteiger partial charge in [0.15, 0.2) is 24.6 Å². The first-order valence-corrected chi connectivity index (χ1v) is 27.6. The van der Waals surface area contributed by atoms with E-state index >= 15 is 0 Å². The lowest BCUT2D eigenvalue weighted by Gasteiger charge is -2.40. The number of hydrogen-bond donors (Lipinski definition) is 3. The first-order chi connectivity index (χ1) is 34.6. The van der Waals surface area contributed by atoms with Crippen molar-refractivity contribution < 1.29 is 58.2 Å². The van der Waals surface area contributed by atoms with Crippen molar-refractivity contribution in [3.8, 4) is 0 Å². The molecule has 12 heteroatoms. The third kappa shape index (κ3) is 37.3. The first-order valence-electron chi connectivity index (χ1n) is 27.6. The highest BCUT2D eigenvalue weighted by Gasteiger charge is 2.50. The number of carbonyl (C=O) groups excluding carboxylic acids is 3. The van der Waals surface area contributed by atoms with E-state index in [-0.39, 0.29) is 25.9 Å². The van der Waals surface area contributed by atoms with Crippen LogP contribution in [0.15, 0.2) is 85.1 Å². The van der Waals surface area contributed by atoms with Crippen molar-refractivity contribution in [2.45, 2.75) is 250 Å². The van der Waals surface area contributed by atoms with Crippen molar-refractivity contribution in [2.24, 2.45) is 0 Å². The zero-order valence-corrected chi connectivity index (χ0v) is 44.2. The fourth-order valence-corrected chi connectivity index (χ4v) is 7.73. The number of aliphatic carboxylic acids is 1. The Labute approximate surface area is 429 Å². The molecule has 0 aromatic heterocycles. The molecule has 71 heavy (non-hydrogen) atoms. The van der Waals surface area contributed by atoms with Gasteiger partial charge in [-0.25, -0.2) is 4.79 Å². The highest BCUT2D eigenvalue weighted by molar-refractivity contribution is 5.74. The smallest absolute Gasteiger partial charge is 0.335 e. The maximum absolute atomic E-state index is 13.1. The zero-order chi connectivity index (χ0) is 51.8. The molecule has 3 N–H and O–H groups in total. The molecule has 0 amide bonds. The van der Waals surface area contributed by atoms with Crippen LogP contribution in [0, 0.1) is 0 Å². The number of carboxylic acid groups (broad SMARTS) is 1. The summed E-state index contributed by atoms with van der Waals surface area (Å²) in [7, 11) is 0. The van der Waals surface area contributed by atoms with Crippen LogP contribution in [0.1, 0.15) is 213 Å². The predicted octanol–water partition coefficient (Wildman–Crippen LogP) is 13.6. The van der Waals surface area contributed by atoms with Gasteiger partial charge in [0.1, 0.15) is 18.8 Å². The largest absolute Gasteiger partial charge is 0.479 e. The maximum Gasteiger partial charge on any atom is 0.335 e. The number of allylic oxidation sites excluding steroid dienone is 14. The summed E-state index contributed by atoms with van der Waals surface area (Å²) < 4.78 is 28.2. The molecule has 0 radical (unpaired) electrons. The van der Waals surface area contributed by atoms with Crippen molar-refractivity contribution in [2.75, 3.05) is 13.2 Å². The molecule has 6 unspecified atom stereocenters. The van der Waals surface area contributed by atoms with E-state index < -0.39 is 67.3 Å². The number of aliphatic hydroxyl groups is 2. The minimum Gasteiger partial charge on any atom is -0.479 e. The summed E-state index contributed by atoms with van der Waals surface area (Å²) in [6.07, 6.45) is 47.3. The Morgan fingerprint density at radius 3 is 1.45 bits per heavy atom. The lowest BCUT2D eigenvalue weighted by Crippen LogP contribution is -2.61. The number of hydrogen-bond acceptors (Lipinski definition) is 11. The van der Waals surface area contributed by atoms with Gasteiger partial charge in [0.05, 0.1) is 6.61 Å². The number of unbranched alkanes of at least 4 members (excludes halogenated alkanes) is 17. The van der Waals surface area contributed by atoms with Gasteiger partial charge in [0.2, 0.25) is 0 Å². The molecule has 0 saturated carbocycles. The molecule has 12 nitrogen and oxygen atoms in total. The molecule has 0 aromatic rings. The van der Waals surface area contributed by atoms with Crippen LogP contribution < -0.4 is 0 Å². The maximum atomic E-state index is 13.1. The molecule has 1 aliphatic rings. The molecule has 404 valence electrons. The average Bonchev–Trinajstić information content (AvgIpc) is 3.35. The van der Waals surface area contributed by atoms with Crippen LogP contribution in [0.4, 0.5) is 0 Å². The number of rotatable bonds is 45. The number of esters is 3. The van der Waals surface area contributed by atoms with Crippen molar-refractivity contribution in [3.05, 3.63) is 85.1 Å². The van der Waals surface area contributed by atoms with Crippen LogP contribution in [0.2, 0.25) is 0 Å². The third-order valence-corrected chi connectivity index (χ3v) is 12.0. The summed E-state index contributed by atoms with van der Waals surface area (Å²) in [5, 5.41) is 31.3. The second kappa shape index (κ2) is 46.9. The van der Waals surface area contributed by atoms with Crippen LogP contribution in [0.5, 0.6) is 0 Å². The molecule has 1 heterocycles. The summed E-state index contributed by atoms with van der Waals surface area (Å²) in [6.45, 7) is 5.73. The van der Waals surface area contributed by atoms with E-state index in [0.29, 0.717) is 19.3 Å². The summed E-state index contributed by atoms with van der Waals surface area (Å²) >= 11 is 0. The van der Waals surface area contributed by atoms with E-state index in [9.17, 15) is 34.5 Å². The van der Waals surface area contributed by atoms with Crippen LogP contribution in [0.25, 0.3) is 0 Å². The Bertz CT molecular complexity index is 1560. The van der Waals surface area contributed by atoms with Gasteiger partial charge in [0, 0.05) is 19.3 Å². The van der Waals surface area contributed by atoms with E-state index in [1.54, 1.807) is 0 Å². The van der Waals surface area contributed by atoms with Crippen LogP contribution in [-0.2, 0) is 42.9 Å². The summed E-state index contributed by atoms with van der Waals surface area (Å²) in [5.74, 6) is -3.25. The summed E-state index contributed by atoms with van der Waals surface area (Å²) in [6, 6.07) is 0. The molecular weight excluding hydrogens is 901 g/mol. The fourth-order valence-electron chi connectivity index (χ4n) is 7.73. The molecule has 1 saturated heterocycles. The molecule has 1 aliphatic heterocycles. The first kappa shape index (κ1) is 64.9. The Morgan fingerprint density at radius 2 is 0.930 bits per heavy atom. The Kier molecular flexibility index (Phi) is 42.9. The van der Waals surface area contributed by atoms with Gasteiger partial charge >= 0.3 is 23.9 Å². The van der Waals surface area contributed by atoms with Gasteiger partial charge in [-0.3, -0.25) is 14.4 Å². The third-order valence-electron chi connectivity index (χ3n) is 12.0. The minimum absolute atomic E-state index is 0.0408. The van der Waals surface area contributed by atoms with Gasteiger partial charge in [-0.05, 0) is 77.0 Å². The number of ether oxygens (including phenoxy) is 5. The van der Waals surface area contributed by atoms with Crippen molar-refractivity contribution in [1.29, 1.82) is 0 Å². The Hall–Kier alpha value is -4.10. The predicted molar refractivity (Wildman–Crippen MR) is 284 cm³/mol. The van der Waals surface area contributed by atoms with Crippen LogP contribution >= 0.6 is 0 Å². The molecule has 0 aliphatic carbocycles. The number of aliphatic hydroxyl groups excluding tert-OH is 2. The van der Waals surface area contributed by atoms with E-state index in [1.165, 1.54) is 57.8 Å². The van der Waals surface area contributed by atoms with Crippen molar-refractivity contribution in [1.82, 2.24) is 0 Å². The molecule has 1 fully saturated rings. The second-order valence-corrected chi connectivity index (χ2v) is 18.5. The number of carboxylic acids is 1. The SMILES string of the molecule is CC/C=C\C/C=C\C/C=C\C/C=C\C/C=C\C/C=C\CCC(=O)OCC(COC1OC(C(=O)O)C(O)C(O)C1OC(=O)CCCCCCC/C=C\CCCC)OC(=O)CCCCCCCCCCCCC. The van der Waals surface area contributed by atoms with Gasteiger partial charge in [0.25, 0.3) is 0 Å². The average molecular weight is 997 g/mol. The van der Waals surface area contributed by atoms with E-state index in [0.717, 1.165) is 96.3 Å². The van der Waals surface area contributed by atoms with Gasteiger partial charge in [-0.15, -0.1) is 0 Å². The normalized spacial score (nSPS) is 19.1. The highest BCUT2D eigenvalue weighted by atomic mass is 16.7. The molecule has 1 rings (SSSR count). The quantitative estimate of drug-likeness (QED) is 0.0228. The Balaban J connectivity index is 2.75. The van der Waals surface area contributed by atoms with E-state index in [1.807, 2.05) is 12.2 Å². The fraction of sp³-hybridized carbons (Fsp3) is 0.695. The van der Waals surface area contributed by atoms with Crippen molar-refractivity contribution in [3.63, 3.8) is 0 Å². The van der Waals surface area contributed by atoms with E-state index in [4.69, 9.17) is 23.7 Å².